The van der Waals surface area contributed by atoms with Crippen molar-refractivity contribution in [2.75, 3.05) is 0 Å². The second-order valence-electron chi connectivity index (χ2n) is 8.49. The predicted molar refractivity (Wildman–Crippen MR) is 117 cm³/mol. The number of aromatic nitrogens is 2. The summed E-state index contributed by atoms with van der Waals surface area (Å²) < 4.78 is 17.6. The molecule has 0 saturated heterocycles. The Morgan fingerprint density at radius 3 is 2.79 bits per heavy atom. The van der Waals surface area contributed by atoms with E-state index in [1.807, 2.05) is 61.8 Å². The number of thiophene rings is 1. The van der Waals surface area contributed by atoms with Crippen molar-refractivity contribution in [2.24, 2.45) is 0 Å². The summed E-state index contributed by atoms with van der Waals surface area (Å²) in [6, 6.07) is 7.82. The Morgan fingerprint density at radius 2 is 2.10 bits per heavy atom. The van der Waals surface area contributed by atoms with E-state index < -0.39 is 11.4 Å². The number of pyridine rings is 1. The van der Waals surface area contributed by atoms with Crippen LogP contribution in [0, 0.1) is 0 Å². The fourth-order valence-corrected chi connectivity index (χ4v) is 5.47. The lowest BCUT2D eigenvalue weighted by molar-refractivity contribution is 0.0955. The minimum atomic E-state index is -1.15. The third-order valence-corrected chi connectivity index (χ3v) is 8.24. The van der Waals surface area contributed by atoms with Gasteiger partial charge in [0.2, 0.25) is 0 Å². The minimum Gasteiger partial charge on any atom is -0.598 e. The summed E-state index contributed by atoms with van der Waals surface area (Å²) in [7, 11) is 0. The van der Waals surface area contributed by atoms with Crippen molar-refractivity contribution < 1.29 is 9.35 Å². The van der Waals surface area contributed by atoms with Crippen molar-refractivity contribution in [1.29, 1.82) is 0 Å². The highest BCUT2D eigenvalue weighted by Crippen LogP contribution is 2.45. The lowest BCUT2D eigenvalue weighted by Crippen LogP contribution is -2.54. The van der Waals surface area contributed by atoms with Gasteiger partial charge in [-0.1, -0.05) is 0 Å². The SMILES string of the molecule is CC(C)(C)[S+]([O-])NC1(c2ccc(C(=O)NCc3ccn4ccnc4c3)s2)CCC1. The van der Waals surface area contributed by atoms with Gasteiger partial charge in [-0.05, 0) is 69.9 Å². The number of hydrogen-bond donors (Lipinski definition) is 2. The van der Waals surface area contributed by atoms with Crippen LogP contribution in [0.25, 0.3) is 5.65 Å². The maximum absolute atomic E-state index is 12.7. The number of carbonyl (C=O) groups excluding carboxylic acids is 1. The Hall–Kier alpha value is -1.87. The number of rotatable bonds is 6. The van der Waals surface area contributed by atoms with Crippen molar-refractivity contribution in [3.05, 3.63) is 58.2 Å². The Balaban J connectivity index is 1.42. The van der Waals surface area contributed by atoms with Crippen LogP contribution in [0.2, 0.25) is 0 Å². The topological polar surface area (TPSA) is 81.5 Å². The van der Waals surface area contributed by atoms with Gasteiger partial charge in [-0.15, -0.1) is 16.1 Å². The van der Waals surface area contributed by atoms with Gasteiger partial charge in [-0.25, -0.2) is 4.98 Å². The number of nitrogens with one attached hydrogen (secondary N) is 2. The van der Waals surface area contributed by atoms with Gasteiger partial charge in [0.15, 0.2) is 0 Å². The maximum atomic E-state index is 12.7. The third-order valence-electron chi connectivity index (χ3n) is 5.27. The van der Waals surface area contributed by atoms with Crippen molar-refractivity contribution in [3.63, 3.8) is 0 Å². The summed E-state index contributed by atoms with van der Waals surface area (Å²) in [4.78, 5) is 18.7. The first-order valence-corrected chi connectivity index (χ1v) is 11.7. The molecular weight excluding hydrogens is 404 g/mol. The van der Waals surface area contributed by atoms with Gasteiger partial charge in [0.05, 0.1) is 10.4 Å². The number of carbonyl (C=O) groups is 1. The molecule has 4 rings (SSSR count). The van der Waals surface area contributed by atoms with Crippen LogP contribution in [0.5, 0.6) is 0 Å². The van der Waals surface area contributed by atoms with E-state index in [2.05, 4.69) is 15.0 Å². The van der Waals surface area contributed by atoms with Crippen LogP contribution < -0.4 is 10.0 Å². The first-order chi connectivity index (χ1) is 13.8. The van der Waals surface area contributed by atoms with E-state index >= 15 is 0 Å². The monoisotopic (exact) mass is 430 g/mol. The molecule has 3 heterocycles. The molecule has 3 aromatic rings. The van der Waals surface area contributed by atoms with Crippen LogP contribution in [-0.4, -0.2) is 24.6 Å². The zero-order valence-corrected chi connectivity index (χ0v) is 18.5. The molecule has 1 amide bonds. The van der Waals surface area contributed by atoms with E-state index in [9.17, 15) is 9.35 Å². The molecule has 29 heavy (non-hydrogen) atoms. The largest absolute Gasteiger partial charge is 0.598 e. The van der Waals surface area contributed by atoms with E-state index in [1.54, 1.807) is 6.20 Å². The van der Waals surface area contributed by atoms with Gasteiger partial charge in [0.1, 0.15) is 10.4 Å². The van der Waals surface area contributed by atoms with Crippen molar-refractivity contribution in [1.82, 2.24) is 19.4 Å². The molecule has 154 valence electrons. The first-order valence-electron chi connectivity index (χ1n) is 9.77. The van der Waals surface area contributed by atoms with E-state index in [-0.39, 0.29) is 16.2 Å². The number of amides is 1. The van der Waals surface area contributed by atoms with Crippen molar-refractivity contribution in [2.45, 2.75) is 56.9 Å². The quantitative estimate of drug-likeness (QED) is 0.584. The van der Waals surface area contributed by atoms with Crippen LogP contribution in [0.15, 0.2) is 42.9 Å². The molecule has 6 nitrogen and oxygen atoms in total. The summed E-state index contributed by atoms with van der Waals surface area (Å²) in [5.41, 5.74) is 1.60. The molecule has 0 aliphatic heterocycles. The second-order valence-corrected chi connectivity index (χ2v) is 11.5. The van der Waals surface area contributed by atoms with Crippen LogP contribution in [0.1, 0.15) is 60.1 Å². The molecule has 8 heteroatoms. The van der Waals surface area contributed by atoms with Gasteiger partial charge in [-0.2, -0.15) is 0 Å². The van der Waals surface area contributed by atoms with Crippen LogP contribution in [-0.2, 0) is 23.4 Å². The lowest BCUT2D eigenvalue weighted by Gasteiger charge is -2.43. The van der Waals surface area contributed by atoms with Crippen LogP contribution in [0.3, 0.4) is 0 Å². The minimum absolute atomic E-state index is 0.0871. The average molecular weight is 431 g/mol. The molecule has 1 aliphatic carbocycles. The maximum Gasteiger partial charge on any atom is 0.261 e. The van der Waals surface area contributed by atoms with E-state index in [4.69, 9.17) is 0 Å². The Kier molecular flexibility index (Phi) is 5.46. The molecule has 1 aliphatic rings. The molecule has 0 bridgehead atoms. The van der Waals surface area contributed by atoms with Crippen molar-refractivity contribution >= 4 is 34.3 Å². The van der Waals surface area contributed by atoms with Crippen LogP contribution >= 0.6 is 11.3 Å². The number of fused-ring (bicyclic) bond motifs is 1. The van der Waals surface area contributed by atoms with Gasteiger partial charge in [0.25, 0.3) is 5.91 Å². The molecule has 0 radical (unpaired) electrons. The molecule has 1 fully saturated rings. The number of imidazole rings is 1. The van der Waals surface area contributed by atoms with Gasteiger partial charge in [0, 0.05) is 41.4 Å². The Morgan fingerprint density at radius 1 is 1.31 bits per heavy atom. The number of hydrogen-bond acceptors (Lipinski definition) is 5. The third kappa shape index (κ3) is 4.21. The lowest BCUT2D eigenvalue weighted by atomic mass is 9.77. The fraction of sp³-hybridized carbons (Fsp3) is 0.429. The predicted octanol–water partition coefficient (Wildman–Crippen LogP) is 3.76. The fourth-order valence-electron chi connectivity index (χ4n) is 3.31. The molecular formula is C21H26N4O2S2. The summed E-state index contributed by atoms with van der Waals surface area (Å²) in [5, 5.41) is 2.99. The van der Waals surface area contributed by atoms with Crippen molar-refractivity contribution in [3.8, 4) is 0 Å². The highest BCUT2D eigenvalue weighted by molar-refractivity contribution is 7.90. The van der Waals surface area contributed by atoms with E-state index in [1.165, 1.54) is 11.3 Å². The van der Waals surface area contributed by atoms with Gasteiger partial charge in [-0.3, -0.25) is 4.79 Å². The normalized spacial score (nSPS) is 17.1. The molecule has 0 spiro atoms. The van der Waals surface area contributed by atoms with E-state index in [0.717, 1.165) is 35.4 Å². The number of nitrogens with zero attached hydrogens (tertiary/aromatic N) is 2. The Bertz CT molecular complexity index is 1020. The van der Waals surface area contributed by atoms with Gasteiger partial charge < -0.3 is 14.3 Å². The second kappa shape index (κ2) is 7.75. The summed E-state index contributed by atoms with van der Waals surface area (Å²) in [6.07, 6.45) is 8.57. The molecule has 2 N–H and O–H groups in total. The summed E-state index contributed by atoms with van der Waals surface area (Å²) >= 11 is 0.344. The molecule has 0 aromatic carbocycles. The average Bonchev–Trinajstić information content (AvgIpc) is 3.30. The summed E-state index contributed by atoms with van der Waals surface area (Å²) in [6.45, 7) is 6.36. The molecule has 3 aromatic heterocycles. The summed E-state index contributed by atoms with van der Waals surface area (Å²) in [5.74, 6) is -0.0871. The highest BCUT2D eigenvalue weighted by Gasteiger charge is 2.46. The van der Waals surface area contributed by atoms with E-state index in [0.29, 0.717) is 11.4 Å². The smallest absolute Gasteiger partial charge is 0.261 e. The highest BCUT2D eigenvalue weighted by atomic mass is 32.2. The van der Waals surface area contributed by atoms with Gasteiger partial charge >= 0.3 is 0 Å². The van der Waals surface area contributed by atoms with Crippen LogP contribution in [0.4, 0.5) is 0 Å². The molecule has 1 saturated carbocycles. The molecule has 1 unspecified atom stereocenters. The zero-order valence-electron chi connectivity index (χ0n) is 16.9. The Labute approximate surface area is 178 Å². The first kappa shape index (κ1) is 20.4. The standard InChI is InChI=1S/C21H26N4O2S2/c1-20(2,3)29(27)24-21(8-4-9-21)17-6-5-16(28-17)19(26)23-14-15-7-11-25-12-10-22-18(25)13-15/h5-7,10-13,24H,4,8-9,14H2,1-3H3,(H,23,26). The molecule has 1 atom stereocenters. The zero-order chi connectivity index (χ0) is 20.6.